The van der Waals surface area contributed by atoms with Crippen LogP contribution in [0, 0.1) is 0 Å². The van der Waals surface area contributed by atoms with Gasteiger partial charge < -0.3 is 24.5 Å². The van der Waals surface area contributed by atoms with Gasteiger partial charge in [0.25, 0.3) is 5.91 Å². The van der Waals surface area contributed by atoms with Crippen LogP contribution in [0.3, 0.4) is 0 Å². The average molecular weight is 511 g/mol. The number of aliphatic hydroxyl groups is 1. The Kier molecular flexibility index (Phi) is 7.18. The van der Waals surface area contributed by atoms with Gasteiger partial charge in [-0.15, -0.1) is 0 Å². The van der Waals surface area contributed by atoms with E-state index < -0.39 is 17.7 Å². The molecular formula is C31H30N2O5. The summed E-state index contributed by atoms with van der Waals surface area (Å²) in [7, 11) is 1.63. The molecule has 2 N–H and O–H groups in total. The number of carbonyl (C=O) groups is 2. The molecule has 0 aliphatic carbocycles. The molecule has 3 aromatic carbocycles. The van der Waals surface area contributed by atoms with E-state index >= 15 is 0 Å². The van der Waals surface area contributed by atoms with Crippen LogP contribution in [0.25, 0.3) is 10.9 Å². The number of aromatic nitrogens is 1. The van der Waals surface area contributed by atoms with Gasteiger partial charge in [-0.25, -0.2) is 0 Å². The Hall–Kier alpha value is -4.52. The van der Waals surface area contributed by atoms with Gasteiger partial charge in [0.05, 0.1) is 25.3 Å². The fourth-order valence-electron chi connectivity index (χ4n) is 5.04. The molecule has 2 heterocycles. The second-order valence-electron chi connectivity index (χ2n) is 9.23. The van der Waals surface area contributed by atoms with Crippen molar-refractivity contribution in [1.29, 1.82) is 0 Å². The highest BCUT2D eigenvalue weighted by Gasteiger charge is 2.43. The number of fused-ring (bicyclic) bond motifs is 1. The summed E-state index contributed by atoms with van der Waals surface area (Å²) in [6.45, 7) is 2.75. The minimum atomic E-state index is -0.700. The van der Waals surface area contributed by atoms with Crippen molar-refractivity contribution in [3.63, 3.8) is 0 Å². The van der Waals surface area contributed by atoms with Gasteiger partial charge in [-0.2, -0.15) is 0 Å². The highest BCUT2D eigenvalue weighted by Crippen LogP contribution is 2.39. The van der Waals surface area contributed by atoms with Crippen LogP contribution in [0.5, 0.6) is 11.5 Å². The lowest BCUT2D eigenvalue weighted by Gasteiger charge is -2.27. The van der Waals surface area contributed by atoms with Gasteiger partial charge >= 0.3 is 0 Å². The summed E-state index contributed by atoms with van der Waals surface area (Å²) in [5, 5.41) is 12.0. The third-order valence-electron chi connectivity index (χ3n) is 6.92. The first kappa shape index (κ1) is 25.1. The summed E-state index contributed by atoms with van der Waals surface area (Å²) in [6.07, 6.45) is 2.54. The fourth-order valence-corrected chi connectivity index (χ4v) is 5.04. The molecule has 0 saturated heterocycles. The number of ether oxygens (including phenoxy) is 2. The number of H-pyrrole nitrogens is 1. The van der Waals surface area contributed by atoms with E-state index in [1.54, 1.807) is 12.0 Å². The maximum Gasteiger partial charge on any atom is 0.290 e. The number of Topliss-reactive ketones (excluding diaryl/α,β-unsaturated/α-hetero) is 1. The number of hydrogen-bond donors (Lipinski definition) is 2. The Morgan fingerprint density at radius 1 is 1.03 bits per heavy atom. The van der Waals surface area contributed by atoms with Crippen molar-refractivity contribution >= 4 is 22.6 Å². The average Bonchev–Trinajstić information content (AvgIpc) is 3.46. The van der Waals surface area contributed by atoms with Crippen LogP contribution in [0.15, 0.2) is 90.3 Å². The molecule has 7 heteroatoms. The number of benzene rings is 3. The fraction of sp³-hybridized carbons (Fsp3) is 0.226. The summed E-state index contributed by atoms with van der Waals surface area (Å²) in [5.74, 6) is 0.143. The van der Waals surface area contributed by atoms with E-state index in [0.717, 1.165) is 33.3 Å². The van der Waals surface area contributed by atoms with E-state index in [9.17, 15) is 14.7 Å². The number of amides is 1. The Morgan fingerprint density at radius 3 is 2.47 bits per heavy atom. The van der Waals surface area contributed by atoms with E-state index in [0.29, 0.717) is 25.3 Å². The first-order valence-electron chi connectivity index (χ1n) is 12.7. The predicted octanol–water partition coefficient (Wildman–Crippen LogP) is 5.33. The van der Waals surface area contributed by atoms with Crippen LogP contribution in [0.4, 0.5) is 0 Å². The number of hydrogen-bond acceptors (Lipinski definition) is 5. The topological polar surface area (TPSA) is 91.9 Å². The predicted molar refractivity (Wildman–Crippen MR) is 145 cm³/mol. The van der Waals surface area contributed by atoms with Gasteiger partial charge in [0.1, 0.15) is 11.5 Å². The molecule has 1 aliphatic rings. The van der Waals surface area contributed by atoms with E-state index in [1.165, 1.54) is 0 Å². The zero-order chi connectivity index (χ0) is 26.6. The van der Waals surface area contributed by atoms with Crippen molar-refractivity contribution in [1.82, 2.24) is 9.88 Å². The Bertz CT molecular complexity index is 1490. The van der Waals surface area contributed by atoms with Crippen molar-refractivity contribution in [2.24, 2.45) is 0 Å². The van der Waals surface area contributed by atoms with E-state index in [4.69, 9.17) is 9.47 Å². The van der Waals surface area contributed by atoms with Gasteiger partial charge in [0.2, 0.25) is 0 Å². The van der Waals surface area contributed by atoms with Crippen LogP contribution >= 0.6 is 0 Å². The largest absolute Gasteiger partial charge is 0.503 e. The number of methoxy groups -OCH3 is 1. The zero-order valence-electron chi connectivity index (χ0n) is 21.4. The Morgan fingerprint density at radius 2 is 1.76 bits per heavy atom. The summed E-state index contributed by atoms with van der Waals surface area (Å²) >= 11 is 0. The second kappa shape index (κ2) is 10.8. The van der Waals surface area contributed by atoms with Crippen molar-refractivity contribution in [2.45, 2.75) is 25.8 Å². The molecule has 5 rings (SSSR count). The number of aliphatic hydroxyl groups excluding tert-OH is 1. The molecule has 0 radical (unpaired) electrons. The molecule has 1 amide bonds. The summed E-state index contributed by atoms with van der Waals surface area (Å²) in [5.41, 5.74) is 3.67. The molecule has 0 fully saturated rings. The monoisotopic (exact) mass is 510 g/mol. The van der Waals surface area contributed by atoms with Crippen molar-refractivity contribution in [2.75, 3.05) is 20.3 Å². The van der Waals surface area contributed by atoms with Crippen molar-refractivity contribution in [3.05, 3.63) is 107 Å². The summed E-state index contributed by atoms with van der Waals surface area (Å²) in [4.78, 5) is 31.7. The minimum absolute atomic E-state index is 0.0944. The zero-order valence-corrected chi connectivity index (χ0v) is 21.4. The molecule has 0 bridgehead atoms. The van der Waals surface area contributed by atoms with Gasteiger partial charge in [-0.1, -0.05) is 42.5 Å². The molecule has 38 heavy (non-hydrogen) atoms. The third kappa shape index (κ3) is 4.87. The van der Waals surface area contributed by atoms with Crippen LogP contribution in [-0.2, 0) is 22.4 Å². The standard InChI is InChI=1S/C31H30N2O5/c1-3-38-23-11-9-21(10-12-23)29-28(27(34)17-20-7-5-4-6-8-20)30(35)31(36)33(29)16-15-22-19-32-26-14-13-24(37-2)18-25(22)26/h4-14,18-19,29,32,35H,3,15-17H2,1-2H3/t29-/m0/s1. The normalized spacial score (nSPS) is 15.4. The molecular weight excluding hydrogens is 480 g/mol. The maximum absolute atomic E-state index is 13.5. The molecule has 7 nitrogen and oxygen atoms in total. The summed E-state index contributed by atoms with van der Waals surface area (Å²) in [6, 6.07) is 21.8. The number of nitrogens with zero attached hydrogens (tertiary/aromatic N) is 1. The summed E-state index contributed by atoms with van der Waals surface area (Å²) < 4.78 is 11.0. The number of nitrogens with one attached hydrogen (secondary N) is 1. The van der Waals surface area contributed by atoms with Crippen LogP contribution < -0.4 is 9.47 Å². The first-order chi connectivity index (χ1) is 18.5. The lowest BCUT2D eigenvalue weighted by molar-refractivity contribution is -0.129. The minimum Gasteiger partial charge on any atom is -0.503 e. The van der Waals surface area contributed by atoms with E-state index in [-0.39, 0.29) is 17.8 Å². The molecule has 1 aliphatic heterocycles. The first-order valence-corrected chi connectivity index (χ1v) is 12.7. The number of rotatable bonds is 10. The Labute approximate surface area is 221 Å². The van der Waals surface area contributed by atoms with Crippen LogP contribution in [0.1, 0.15) is 29.7 Å². The SMILES string of the molecule is CCOc1ccc([C@H]2C(C(=O)Cc3ccccc3)=C(O)C(=O)N2CCc2c[nH]c3ccc(OC)cc23)cc1. The highest BCUT2D eigenvalue weighted by molar-refractivity contribution is 6.09. The third-order valence-corrected chi connectivity index (χ3v) is 6.92. The second-order valence-corrected chi connectivity index (χ2v) is 9.23. The van der Waals surface area contributed by atoms with Crippen molar-refractivity contribution < 1.29 is 24.2 Å². The molecule has 194 valence electrons. The molecule has 1 atom stereocenters. The number of carbonyl (C=O) groups excluding carboxylic acids is 2. The number of aromatic amines is 1. The van der Waals surface area contributed by atoms with Gasteiger partial charge in [0, 0.05) is 30.1 Å². The molecule has 4 aromatic rings. The van der Waals surface area contributed by atoms with Crippen LogP contribution in [-0.4, -0.2) is 46.9 Å². The van der Waals surface area contributed by atoms with Gasteiger partial charge in [-0.3, -0.25) is 9.59 Å². The van der Waals surface area contributed by atoms with E-state index in [2.05, 4.69) is 4.98 Å². The van der Waals surface area contributed by atoms with Gasteiger partial charge in [0.15, 0.2) is 11.5 Å². The molecule has 1 aromatic heterocycles. The molecule has 0 saturated carbocycles. The van der Waals surface area contributed by atoms with Crippen molar-refractivity contribution in [3.8, 4) is 11.5 Å². The highest BCUT2D eigenvalue weighted by atomic mass is 16.5. The maximum atomic E-state index is 13.5. The smallest absolute Gasteiger partial charge is 0.290 e. The lowest BCUT2D eigenvalue weighted by Crippen LogP contribution is -2.33. The van der Waals surface area contributed by atoms with Gasteiger partial charge in [-0.05, 0) is 60.4 Å². The quantitative estimate of drug-likeness (QED) is 0.301. The molecule has 0 unspecified atom stereocenters. The molecule has 0 spiro atoms. The van der Waals surface area contributed by atoms with E-state index in [1.807, 2.05) is 85.9 Å². The Balaban J connectivity index is 1.47. The van der Waals surface area contributed by atoms with Crippen LogP contribution in [0.2, 0.25) is 0 Å². The lowest BCUT2D eigenvalue weighted by atomic mass is 9.93. The number of ketones is 1.